The second kappa shape index (κ2) is 11.9. The Bertz CT molecular complexity index is 1640. The van der Waals surface area contributed by atoms with E-state index in [-0.39, 0.29) is 10.8 Å². The van der Waals surface area contributed by atoms with Crippen LogP contribution in [-0.2, 0) is 19.4 Å². The molecule has 0 aromatic heterocycles. The highest BCUT2D eigenvalue weighted by molar-refractivity contribution is 9.10. The van der Waals surface area contributed by atoms with Gasteiger partial charge in [-0.05, 0) is 66.2 Å². The number of imide groups is 1. The first-order chi connectivity index (χ1) is 20.6. The maximum Gasteiger partial charge on any atom is 0.254 e. The molecule has 6 rings (SSSR count). The van der Waals surface area contributed by atoms with Crippen LogP contribution in [0.5, 0.6) is 0 Å². The third-order valence-corrected chi connectivity index (χ3v) is 9.78. The van der Waals surface area contributed by atoms with E-state index >= 15 is 0 Å². The van der Waals surface area contributed by atoms with Crippen molar-refractivity contribution in [3.8, 4) is 0 Å². The van der Waals surface area contributed by atoms with Crippen LogP contribution in [0, 0.1) is 5.92 Å². The van der Waals surface area contributed by atoms with Gasteiger partial charge in [-0.25, -0.2) is 18.3 Å². The predicted octanol–water partition coefficient (Wildman–Crippen LogP) is 3.12. The van der Waals surface area contributed by atoms with Gasteiger partial charge in [-0.2, -0.15) is 0 Å². The molecule has 2 amide bonds. The minimum Gasteiger partial charge on any atom is -0.386 e. The number of carbonyl (C=O) groups excluding carboxylic acids is 2. The molecule has 224 valence electrons. The van der Waals surface area contributed by atoms with Gasteiger partial charge in [0, 0.05) is 48.3 Å². The number of hydrogen-bond acceptors (Lipinski definition) is 9. The number of benzene rings is 3. The molecule has 3 N–H and O–H groups in total. The van der Waals surface area contributed by atoms with Gasteiger partial charge in [-0.1, -0.05) is 40.2 Å². The SMILES string of the molecule is CS(=O)(=O)c1ccc(NN2C([C@H](O)c3ccc(Br)cc3)C=C[C@H]3C(=O)N(c4ccc(N5CCNCC5)cc4)C(=O)[C@H]32)cc1. The first kappa shape index (κ1) is 29.5. The zero-order valence-corrected chi connectivity index (χ0v) is 25.8. The lowest BCUT2D eigenvalue weighted by Crippen LogP contribution is -2.55. The fraction of sp³-hybridized carbons (Fsp3) is 0.290. The van der Waals surface area contributed by atoms with E-state index in [1.54, 1.807) is 53.6 Å². The van der Waals surface area contributed by atoms with E-state index in [4.69, 9.17) is 0 Å². The van der Waals surface area contributed by atoms with E-state index in [9.17, 15) is 23.1 Å². The standard InChI is InChI=1S/C31H32BrN5O5S/c1-43(41,42)25-12-6-22(7-13-25)34-37-27(29(38)20-2-4-21(32)5-3-20)15-14-26-28(37)31(40)36(30(26)39)24-10-8-23(9-11-24)35-18-16-33-17-19-35/h2-15,26-29,33-34,38H,16-19H2,1H3/t26-,27?,28+,29-/m1/s1. The zero-order chi connectivity index (χ0) is 30.3. The normalized spacial score (nSPS) is 23.4. The summed E-state index contributed by atoms with van der Waals surface area (Å²) in [5, 5.41) is 16.4. The molecule has 0 aliphatic carbocycles. The summed E-state index contributed by atoms with van der Waals surface area (Å²) in [6.07, 6.45) is 3.54. The van der Waals surface area contributed by atoms with Gasteiger partial charge in [0.2, 0.25) is 5.91 Å². The summed E-state index contributed by atoms with van der Waals surface area (Å²) < 4.78 is 24.9. The zero-order valence-electron chi connectivity index (χ0n) is 23.4. The molecule has 0 saturated carbocycles. The number of aliphatic hydroxyl groups excluding tert-OH is 1. The van der Waals surface area contributed by atoms with E-state index in [0.29, 0.717) is 16.9 Å². The Morgan fingerprint density at radius 1 is 0.884 bits per heavy atom. The maximum absolute atomic E-state index is 14.1. The minimum absolute atomic E-state index is 0.156. The van der Waals surface area contributed by atoms with Gasteiger partial charge in [-0.15, -0.1) is 0 Å². The quantitative estimate of drug-likeness (QED) is 0.258. The molecule has 43 heavy (non-hydrogen) atoms. The maximum atomic E-state index is 14.1. The van der Waals surface area contributed by atoms with Crippen LogP contribution in [-0.4, -0.2) is 74.9 Å². The number of amides is 2. The van der Waals surface area contributed by atoms with Gasteiger partial charge in [0.15, 0.2) is 9.84 Å². The Morgan fingerprint density at radius 2 is 1.51 bits per heavy atom. The molecule has 3 aliphatic heterocycles. The molecule has 4 atom stereocenters. The van der Waals surface area contributed by atoms with Crippen LogP contribution >= 0.6 is 15.9 Å². The van der Waals surface area contributed by atoms with Crippen molar-refractivity contribution >= 4 is 54.6 Å². The molecular formula is C31H32BrN5O5S. The van der Waals surface area contributed by atoms with Crippen molar-refractivity contribution in [1.82, 2.24) is 10.3 Å². The Morgan fingerprint density at radius 3 is 2.14 bits per heavy atom. The number of piperazine rings is 1. The van der Waals surface area contributed by atoms with Gasteiger partial charge in [0.25, 0.3) is 5.91 Å². The Labute approximate surface area is 259 Å². The summed E-state index contributed by atoms with van der Waals surface area (Å²) in [5.41, 5.74) is 5.88. The largest absolute Gasteiger partial charge is 0.386 e. The number of rotatable bonds is 7. The highest BCUT2D eigenvalue weighted by Crippen LogP contribution is 2.38. The summed E-state index contributed by atoms with van der Waals surface area (Å²) in [6, 6.07) is 19.2. The molecule has 2 saturated heterocycles. The second-order valence-corrected chi connectivity index (χ2v) is 13.9. The molecule has 1 unspecified atom stereocenters. The van der Waals surface area contributed by atoms with Crippen LogP contribution < -0.4 is 20.5 Å². The number of fused-ring (bicyclic) bond motifs is 1. The van der Waals surface area contributed by atoms with Crippen molar-refractivity contribution in [2.24, 2.45) is 5.92 Å². The molecule has 2 fully saturated rings. The topological polar surface area (TPSA) is 122 Å². The lowest BCUT2D eigenvalue weighted by atomic mass is 9.90. The molecular weight excluding hydrogens is 634 g/mol. The number of carbonyl (C=O) groups is 2. The molecule has 0 spiro atoms. The van der Waals surface area contributed by atoms with Gasteiger partial charge in [0.1, 0.15) is 6.04 Å². The van der Waals surface area contributed by atoms with Crippen molar-refractivity contribution in [1.29, 1.82) is 0 Å². The number of hydrogen-bond donors (Lipinski definition) is 3. The summed E-state index contributed by atoms with van der Waals surface area (Å²) in [7, 11) is -3.40. The first-order valence-corrected chi connectivity index (χ1v) is 16.7. The number of anilines is 3. The smallest absolute Gasteiger partial charge is 0.254 e. The van der Waals surface area contributed by atoms with E-state index in [1.807, 2.05) is 24.3 Å². The second-order valence-electron chi connectivity index (χ2n) is 10.9. The van der Waals surface area contributed by atoms with Crippen molar-refractivity contribution < 1.29 is 23.1 Å². The average Bonchev–Trinajstić information content (AvgIpc) is 3.27. The Balaban J connectivity index is 1.32. The van der Waals surface area contributed by atoms with Crippen LogP contribution in [0.15, 0.2) is 94.3 Å². The van der Waals surface area contributed by atoms with Crippen LogP contribution in [0.25, 0.3) is 0 Å². The fourth-order valence-electron chi connectivity index (χ4n) is 5.84. The van der Waals surface area contributed by atoms with Crippen LogP contribution in [0.3, 0.4) is 0 Å². The number of aliphatic hydroxyl groups is 1. The van der Waals surface area contributed by atoms with Crippen molar-refractivity contribution in [2.75, 3.05) is 47.7 Å². The number of nitrogens with one attached hydrogen (secondary N) is 2. The minimum atomic E-state index is -3.40. The number of hydrazine groups is 1. The van der Waals surface area contributed by atoms with Gasteiger partial charge in [-0.3, -0.25) is 9.59 Å². The number of nitrogens with zero attached hydrogens (tertiary/aromatic N) is 3. The Kier molecular flexibility index (Phi) is 8.14. The molecule has 3 aliphatic rings. The molecule has 0 radical (unpaired) electrons. The highest BCUT2D eigenvalue weighted by Gasteiger charge is 2.54. The molecule has 12 heteroatoms. The summed E-state index contributed by atoms with van der Waals surface area (Å²) >= 11 is 3.42. The molecule has 3 heterocycles. The number of halogens is 1. The third-order valence-electron chi connectivity index (χ3n) is 8.12. The average molecular weight is 667 g/mol. The predicted molar refractivity (Wildman–Crippen MR) is 168 cm³/mol. The van der Waals surface area contributed by atoms with Crippen molar-refractivity contribution in [3.05, 3.63) is 95.0 Å². The first-order valence-electron chi connectivity index (χ1n) is 14.0. The summed E-state index contributed by atoms with van der Waals surface area (Å²) in [5.74, 6) is -1.55. The van der Waals surface area contributed by atoms with Crippen LogP contribution in [0.2, 0.25) is 0 Å². The molecule has 3 aromatic carbocycles. The van der Waals surface area contributed by atoms with Crippen molar-refractivity contribution in [2.45, 2.75) is 23.1 Å². The van der Waals surface area contributed by atoms with E-state index < -0.39 is 39.8 Å². The Hall–Kier alpha value is -3.55. The van der Waals surface area contributed by atoms with E-state index in [2.05, 4.69) is 31.6 Å². The van der Waals surface area contributed by atoms with E-state index in [1.165, 1.54) is 17.0 Å². The van der Waals surface area contributed by atoms with Crippen molar-refractivity contribution in [3.63, 3.8) is 0 Å². The van der Waals surface area contributed by atoms with Crippen LogP contribution in [0.4, 0.5) is 17.1 Å². The van der Waals surface area contributed by atoms with Crippen LogP contribution in [0.1, 0.15) is 11.7 Å². The monoisotopic (exact) mass is 665 g/mol. The fourth-order valence-corrected chi connectivity index (χ4v) is 6.74. The van der Waals surface area contributed by atoms with Gasteiger partial charge < -0.3 is 20.7 Å². The third kappa shape index (κ3) is 5.85. The lowest BCUT2D eigenvalue weighted by Gasteiger charge is -2.40. The highest BCUT2D eigenvalue weighted by atomic mass is 79.9. The summed E-state index contributed by atoms with van der Waals surface area (Å²) in [4.78, 5) is 31.4. The molecule has 0 bridgehead atoms. The molecule has 10 nitrogen and oxygen atoms in total. The number of sulfone groups is 1. The van der Waals surface area contributed by atoms with E-state index in [0.717, 1.165) is 42.6 Å². The van der Waals surface area contributed by atoms with Gasteiger partial charge in [0.05, 0.1) is 28.6 Å². The molecule has 3 aromatic rings. The summed E-state index contributed by atoms with van der Waals surface area (Å²) in [6.45, 7) is 3.55. The lowest BCUT2D eigenvalue weighted by molar-refractivity contribution is -0.123. The van der Waals surface area contributed by atoms with Gasteiger partial charge >= 0.3 is 0 Å².